The zero-order valence-electron chi connectivity index (χ0n) is 18.3. The van der Waals surface area contributed by atoms with Gasteiger partial charge >= 0.3 is 0 Å². The summed E-state index contributed by atoms with van der Waals surface area (Å²) in [6.07, 6.45) is 3.42. The highest BCUT2D eigenvalue weighted by Crippen LogP contribution is 2.33. The van der Waals surface area contributed by atoms with Crippen molar-refractivity contribution < 1.29 is 14.3 Å². The Hall–Kier alpha value is -4.89. The van der Waals surface area contributed by atoms with Crippen molar-refractivity contribution in [2.45, 2.75) is 6.54 Å². The van der Waals surface area contributed by atoms with Crippen LogP contribution in [0.2, 0.25) is 0 Å². The largest absolute Gasteiger partial charge is 0.457 e. The van der Waals surface area contributed by atoms with Gasteiger partial charge in [-0.05, 0) is 53.6 Å². The number of nitrogens with zero attached hydrogens (tertiary/aromatic N) is 2. The normalized spacial score (nSPS) is 10.1. The Kier molecular flexibility index (Phi) is 6.97. The van der Waals surface area contributed by atoms with Gasteiger partial charge in [0.05, 0.1) is 0 Å². The number of aromatic nitrogens is 1. The Bertz CT molecular complexity index is 1330. The second-order valence-corrected chi connectivity index (χ2v) is 7.33. The van der Waals surface area contributed by atoms with Gasteiger partial charge in [0.15, 0.2) is 0 Å². The first-order chi connectivity index (χ1) is 16.6. The molecule has 0 atom stereocenters. The fraction of sp³-hybridized carbons (Fsp3) is 0.0357. The third-order valence-electron chi connectivity index (χ3n) is 4.94. The van der Waals surface area contributed by atoms with E-state index in [1.165, 1.54) is 0 Å². The number of carbonyl (C=O) groups excluding carboxylic acids is 1. The minimum Gasteiger partial charge on any atom is -0.457 e. The third-order valence-corrected chi connectivity index (χ3v) is 4.94. The van der Waals surface area contributed by atoms with Gasteiger partial charge in [0.2, 0.25) is 0 Å². The van der Waals surface area contributed by atoms with Crippen LogP contribution in [0.25, 0.3) is 11.1 Å². The van der Waals surface area contributed by atoms with Crippen molar-refractivity contribution in [3.05, 3.63) is 115 Å². The number of benzene rings is 3. The summed E-state index contributed by atoms with van der Waals surface area (Å²) in [5, 5.41) is 11.4. The molecule has 0 aliphatic heterocycles. The first kappa shape index (κ1) is 22.3. The van der Waals surface area contributed by atoms with Gasteiger partial charge in [-0.1, -0.05) is 49.0 Å². The molecule has 0 unspecified atom stereocenters. The van der Waals surface area contributed by atoms with Crippen LogP contribution in [0.4, 0.5) is 0 Å². The van der Waals surface area contributed by atoms with Crippen LogP contribution in [-0.2, 0) is 11.3 Å². The number of carbonyl (C=O) groups is 1. The summed E-state index contributed by atoms with van der Waals surface area (Å²) in [6, 6.07) is 28.2. The van der Waals surface area contributed by atoms with Crippen molar-refractivity contribution in [2.75, 3.05) is 0 Å². The Morgan fingerprint density at radius 3 is 2.21 bits per heavy atom. The highest BCUT2D eigenvalue weighted by Gasteiger charge is 2.09. The number of amides is 1. The fourth-order valence-electron chi connectivity index (χ4n) is 3.16. The molecule has 6 nitrogen and oxygen atoms in total. The first-order valence-electron chi connectivity index (χ1n) is 10.5. The van der Waals surface area contributed by atoms with Crippen molar-refractivity contribution in [2.24, 2.45) is 0 Å². The Labute approximate surface area is 197 Å². The van der Waals surface area contributed by atoms with Crippen molar-refractivity contribution >= 4 is 5.91 Å². The average Bonchev–Trinajstić information content (AvgIpc) is 2.89. The molecular weight excluding hydrogens is 426 g/mol. The lowest BCUT2D eigenvalue weighted by Crippen LogP contribution is -2.23. The number of hydrogen-bond acceptors (Lipinski definition) is 5. The summed E-state index contributed by atoms with van der Waals surface area (Å²) in [5.74, 6) is 2.35. The van der Waals surface area contributed by atoms with E-state index in [-0.39, 0.29) is 5.57 Å². The van der Waals surface area contributed by atoms with E-state index < -0.39 is 5.91 Å². The summed E-state index contributed by atoms with van der Waals surface area (Å²) in [7, 11) is 0. The average molecular weight is 447 g/mol. The molecule has 4 aromatic rings. The second kappa shape index (κ2) is 10.6. The van der Waals surface area contributed by atoms with Crippen LogP contribution < -0.4 is 14.8 Å². The quantitative estimate of drug-likeness (QED) is 0.263. The van der Waals surface area contributed by atoms with E-state index in [4.69, 9.17) is 14.7 Å². The van der Waals surface area contributed by atoms with E-state index in [0.29, 0.717) is 18.0 Å². The van der Waals surface area contributed by atoms with E-state index >= 15 is 0 Å². The molecule has 3 aromatic carbocycles. The summed E-state index contributed by atoms with van der Waals surface area (Å²) in [5.41, 5.74) is 2.53. The molecule has 4 rings (SSSR count). The Morgan fingerprint density at radius 1 is 0.882 bits per heavy atom. The summed E-state index contributed by atoms with van der Waals surface area (Å²) in [4.78, 5) is 15.9. The summed E-state index contributed by atoms with van der Waals surface area (Å²) < 4.78 is 12.0. The second-order valence-electron chi connectivity index (χ2n) is 7.33. The SMILES string of the molecule is C=C(C#N)C(=O)NCc1ccc(-c2cnccc2Oc2ccc(Oc3ccccc3)cc2)cc1. The molecule has 1 N–H and O–H groups in total. The third kappa shape index (κ3) is 5.67. The molecule has 1 heterocycles. The topological polar surface area (TPSA) is 84.2 Å². The first-order valence-corrected chi connectivity index (χ1v) is 10.5. The van der Waals surface area contributed by atoms with E-state index in [1.807, 2.05) is 84.9 Å². The number of para-hydroxylation sites is 1. The molecule has 1 amide bonds. The number of pyridine rings is 1. The summed E-state index contributed by atoms with van der Waals surface area (Å²) in [6.45, 7) is 3.70. The Morgan fingerprint density at radius 2 is 1.53 bits per heavy atom. The number of nitrogens with one attached hydrogen (secondary N) is 1. The minimum atomic E-state index is -0.477. The van der Waals surface area contributed by atoms with Crippen LogP contribution in [0, 0.1) is 11.3 Å². The highest BCUT2D eigenvalue weighted by atomic mass is 16.5. The van der Waals surface area contributed by atoms with Gasteiger partial charge in [0.25, 0.3) is 5.91 Å². The molecule has 166 valence electrons. The minimum absolute atomic E-state index is 0.117. The predicted octanol–water partition coefficient (Wildman–Crippen LogP) is 6.03. The summed E-state index contributed by atoms with van der Waals surface area (Å²) >= 11 is 0. The van der Waals surface area contributed by atoms with Crippen LogP contribution in [-0.4, -0.2) is 10.9 Å². The van der Waals surface area contributed by atoms with Crippen LogP contribution in [0.3, 0.4) is 0 Å². The van der Waals surface area contributed by atoms with Crippen LogP contribution in [0.15, 0.2) is 109 Å². The van der Waals surface area contributed by atoms with E-state index in [2.05, 4.69) is 16.9 Å². The lowest BCUT2D eigenvalue weighted by Gasteiger charge is -2.12. The molecule has 0 radical (unpaired) electrons. The monoisotopic (exact) mass is 447 g/mol. The molecule has 0 spiro atoms. The van der Waals surface area contributed by atoms with Gasteiger partial charge in [-0.2, -0.15) is 5.26 Å². The van der Waals surface area contributed by atoms with Crippen LogP contribution >= 0.6 is 0 Å². The lowest BCUT2D eigenvalue weighted by atomic mass is 10.0. The number of ether oxygens (including phenoxy) is 2. The zero-order valence-corrected chi connectivity index (χ0v) is 18.3. The van der Waals surface area contributed by atoms with Gasteiger partial charge in [0.1, 0.15) is 34.6 Å². The van der Waals surface area contributed by atoms with Gasteiger partial charge in [-0.15, -0.1) is 0 Å². The molecular formula is C28H21N3O3. The molecule has 6 heteroatoms. The molecule has 34 heavy (non-hydrogen) atoms. The maximum atomic E-state index is 11.7. The molecule has 0 saturated heterocycles. The van der Waals surface area contributed by atoms with Crippen LogP contribution in [0.5, 0.6) is 23.0 Å². The number of hydrogen-bond donors (Lipinski definition) is 1. The maximum Gasteiger partial charge on any atom is 0.261 e. The molecule has 0 fully saturated rings. The van der Waals surface area contributed by atoms with Crippen molar-refractivity contribution in [3.63, 3.8) is 0 Å². The predicted molar refractivity (Wildman–Crippen MR) is 129 cm³/mol. The zero-order chi connectivity index (χ0) is 23.8. The van der Waals surface area contributed by atoms with E-state index in [1.54, 1.807) is 18.5 Å². The van der Waals surface area contributed by atoms with Crippen molar-refractivity contribution in [1.82, 2.24) is 10.3 Å². The van der Waals surface area contributed by atoms with E-state index in [9.17, 15) is 4.79 Å². The van der Waals surface area contributed by atoms with Gasteiger partial charge < -0.3 is 14.8 Å². The smallest absolute Gasteiger partial charge is 0.261 e. The van der Waals surface area contributed by atoms with Crippen LogP contribution in [0.1, 0.15) is 5.56 Å². The molecule has 0 aliphatic carbocycles. The van der Waals surface area contributed by atoms with Gasteiger partial charge in [-0.3, -0.25) is 9.78 Å². The van der Waals surface area contributed by atoms with E-state index in [0.717, 1.165) is 28.2 Å². The van der Waals surface area contributed by atoms with Gasteiger partial charge in [0, 0.05) is 24.5 Å². The lowest BCUT2D eigenvalue weighted by molar-refractivity contribution is -0.117. The van der Waals surface area contributed by atoms with Gasteiger partial charge in [-0.25, -0.2) is 0 Å². The Balaban J connectivity index is 1.44. The molecule has 0 bridgehead atoms. The van der Waals surface area contributed by atoms with Crippen molar-refractivity contribution in [3.8, 4) is 40.2 Å². The molecule has 0 aliphatic rings. The van der Waals surface area contributed by atoms with Crippen molar-refractivity contribution in [1.29, 1.82) is 5.26 Å². The number of rotatable bonds is 8. The molecule has 0 saturated carbocycles. The molecule has 1 aromatic heterocycles. The fourth-order valence-corrected chi connectivity index (χ4v) is 3.16. The highest BCUT2D eigenvalue weighted by molar-refractivity contribution is 5.96. The maximum absolute atomic E-state index is 11.7. The number of nitriles is 1. The standard InChI is InChI=1S/C28H21N3O3/c1-20(17-29)28(32)31-18-21-7-9-22(10-8-21)26-19-30-16-15-27(26)34-25-13-11-24(12-14-25)33-23-5-3-2-4-6-23/h2-16,19H,1,18H2,(H,31,32).